The fourth-order valence-corrected chi connectivity index (χ4v) is 2.95. The Bertz CT molecular complexity index is 1110. The molecule has 146 valence electrons. The summed E-state index contributed by atoms with van der Waals surface area (Å²) in [6, 6.07) is 9.51. The molecule has 0 unspecified atom stereocenters. The maximum absolute atomic E-state index is 12.6. The molecule has 28 heavy (non-hydrogen) atoms. The highest BCUT2D eigenvalue weighted by Crippen LogP contribution is 2.22. The molecule has 0 radical (unpaired) electrons. The summed E-state index contributed by atoms with van der Waals surface area (Å²) in [5.74, 6) is -0.388. The van der Waals surface area contributed by atoms with Gasteiger partial charge in [0.15, 0.2) is 5.58 Å². The van der Waals surface area contributed by atoms with Crippen LogP contribution in [0.15, 0.2) is 45.6 Å². The second-order valence-corrected chi connectivity index (χ2v) is 6.43. The second kappa shape index (κ2) is 7.55. The van der Waals surface area contributed by atoms with Gasteiger partial charge in [0.25, 0.3) is 5.69 Å². The first-order valence-corrected chi connectivity index (χ1v) is 8.45. The quantitative estimate of drug-likeness (QED) is 0.476. The predicted molar refractivity (Wildman–Crippen MR) is 101 cm³/mol. The van der Waals surface area contributed by atoms with E-state index in [2.05, 4.69) is 0 Å². The lowest BCUT2D eigenvalue weighted by molar-refractivity contribution is -0.384. The van der Waals surface area contributed by atoms with E-state index >= 15 is 0 Å². The molecule has 1 aromatic heterocycles. The number of fused-ring (bicyclic) bond motifs is 1. The van der Waals surface area contributed by atoms with Crippen LogP contribution in [0.1, 0.15) is 11.1 Å². The van der Waals surface area contributed by atoms with E-state index in [-0.39, 0.29) is 23.7 Å². The standard InChI is InChI=1S/C19H19N3O6/c1-12-4-7-16(27-3)13(8-12)10-20(2)18(23)11-21-15-6-5-14(22(25)26)9-17(15)28-19(21)24/h4-9H,10-11H2,1-3H3. The zero-order valence-corrected chi connectivity index (χ0v) is 15.7. The summed E-state index contributed by atoms with van der Waals surface area (Å²) < 4.78 is 11.5. The number of aromatic nitrogens is 1. The molecule has 3 rings (SSSR count). The Balaban J connectivity index is 1.83. The summed E-state index contributed by atoms with van der Waals surface area (Å²) in [5, 5.41) is 10.9. The molecule has 3 aromatic rings. The minimum atomic E-state index is -0.745. The van der Waals surface area contributed by atoms with Gasteiger partial charge in [0.1, 0.15) is 12.3 Å². The molecule has 9 heteroatoms. The van der Waals surface area contributed by atoms with Gasteiger partial charge in [-0.3, -0.25) is 19.5 Å². The van der Waals surface area contributed by atoms with E-state index in [4.69, 9.17) is 9.15 Å². The number of aryl methyl sites for hydroxylation is 1. The normalized spacial score (nSPS) is 10.8. The summed E-state index contributed by atoms with van der Waals surface area (Å²) in [4.78, 5) is 36.5. The number of hydrogen-bond donors (Lipinski definition) is 0. The first-order valence-electron chi connectivity index (χ1n) is 8.45. The van der Waals surface area contributed by atoms with Crippen LogP contribution in [0.3, 0.4) is 0 Å². The summed E-state index contributed by atoms with van der Waals surface area (Å²) in [6.07, 6.45) is 0. The molecule has 0 aliphatic rings. The molecule has 2 aromatic carbocycles. The van der Waals surface area contributed by atoms with Gasteiger partial charge in [-0.15, -0.1) is 0 Å². The van der Waals surface area contributed by atoms with Crippen molar-refractivity contribution in [2.45, 2.75) is 20.0 Å². The Morgan fingerprint density at radius 1 is 1.29 bits per heavy atom. The van der Waals surface area contributed by atoms with E-state index in [1.807, 2.05) is 25.1 Å². The van der Waals surface area contributed by atoms with Crippen LogP contribution in [0.25, 0.3) is 11.1 Å². The first-order chi connectivity index (χ1) is 13.3. The Morgan fingerprint density at radius 3 is 2.71 bits per heavy atom. The highest BCUT2D eigenvalue weighted by Gasteiger charge is 2.19. The van der Waals surface area contributed by atoms with E-state index in [1.165, 1.54) is 23.1 Å². The maximum Gasteiger partial charge on any atom is 0.420 e. The van der Waals surface area contributed by atoms with Gasteiger partial charge < -0.3 is 14.1 Å². The van der Waals surface area contributed by atoms with Gasteiger partial charge in [-0.05, 0) is 19.1 Å². The number of carbonyl (C=O) groups is 1. The van der Waals surface area contributed by atoms with Crippen molar-refractivity contribution in [3.05, 3.63) is 68.2 Å². The predicted octanol–water partition coefficient (Wildman–Crippen LogP) is 2.48. The van der Waals surface area contributed by atoms with Gasteiger partial charge in [-0.1, -0.05) is 17.7 Å². The first kappa shape index (κ1) is 19.2. The number of nitro groups is 1. The van der Waals surface area contributed by atoms with E-state index in [0.29, 0.717) is 17.8 Å². The number of oxazole rings is 1. The largest absolute Gasteiger partial charge is 0.496 e. The van der Waals surface area contributed by atoms with Crippen LogP contribution >= 0.6 is 0 Å². The minimum absolute atomic E-state index is 0.0648. The lowest BCUT2D eigenvalue weighted by Gasteiger charge is -2.19. The number of amides is 1. The number of rotatable bonds is 6. The summed E-state index contributed by atoms with van der Waals surface area (Å²) >= 11 is 0. The third-order valence-corrected chi connectivity index (χ3v) is 4.43. The van der Waals surface area contributed by atoms with Gasteiger partial charge in [-0.25, -0.2) is 4.79 Å². The Labute approximate surface area is 159 Å². The molecule has 0 aliphatic carbocycles. The summed E-state index contributed by atoms with van der Waals surface area (Å²) in [5.41, 5.74) is 2.08. The molecule has 0 bridgehead atoms. The molecule has 0 N–H and O–H groups in total. The number of hydrogen-bond acceptors (Lipinski definition) is 6. The van der Waals surface area contributed by atoms with Crippen molar-refractivity contribution in [2.24, 2.45) is 0 Å². The van der Waals surface area contributed by atoms with Gasteiger partial charge in [0.05, 0.1) is 23.6 Å². The monoisotopic (exact) mass is 385 g/mol. The zero-order valence-electron chi connectivity index (χ0n) is 15.7. The molecule has 0 saturated carbocycles. The average Bonchev–Trinajstić information content (AvgIpc) is 2.96. The van der Waals surface area contributed by atoms with Crippen molar-refractivity contribution < 1.29 is 18.9 Å². The SMILES string of the molecule is COc1ccc(C)cc1CN(C)C(=O)Cn1c(=O)oc2cc([N+](=O)[O-])ccc21. The molecule has 0 aliphatic heterocycles. The average molecular weight is 385 g/mol. The lowest BCUT2D eigenvalue weighted by atomic mass is 10.1. The molecule has 1 heterocycles. The molecular formula is C19H19N3O6. The third kappa shape index (κ3) is 3.73. The molecule has 0 atom stereocenters. The van der Waals surface area contributed by atoms with Gasteiger partial charge >= 0.3 is 5.76 Å². The lowest BCUT2D eigenvalue weighted by Crippen LogP contribution is -2.32. The van der Waals surface area contributed by atoms with E-state index in [0.717, 1.165) is 15.7 Å². The number of ether oxygens (including phenoxy) is 1. The van der Waals surface area contributed by atoms with Gasteiger partial charge in [0.2, 0.25) is 5.91 Å². The smallest absolute Gasteiger partial charge is 0.420 e. The van der Waals surface area contributed by atoms with Crippen LogP contribution in [0.5, 0.6) is 5.75 Å². The fraction of sp³-hybridized carbons (Fsp3) is 0.263. The number of nitro benzene ring substituents is 1. The number of benzene rings is 2. The van der Waals surface area contributed by atoms with Crippen LogP contribution < -0.4 is 10.5 Å². The molecule has 9 nitrogen and oxygen atoms in total. The zero-order chi connectivity index (χ0) is 20.4. The van der Waals surface area contributed by atoms with Gasteiger partial charge in [0, 0.05) is 25.2 Å². The van der Waals surface area contributed by atoms with Crippen molar-refractivity contribution in [3.63, 3.8) is 0 Å². The number of carbonyl (C=O) groups excluding carboxylic acids is 1. The van der Waals surface area contributed by atoms with Crippen LogP contribution in [-0.2, 0) is 17.9 Å². The molecule has 1 amide bonds. The van der Waals surface area contributed by atoms with Crippen molar-refractivity contribution >= 4 is 22.7 Å². The number of non-ortho nitro benzene ring substituents is 1. The van der Waals surface area contributed by atoms with Crippen molar-refractivity contribution in [2.75, 3.05) is 14.2 Å². The van der Waals surface area contributed by atoms with E-state index in [9.17, 15) is 19.7 Å². The van der Waals surface area contributed by atoms with Crippen molar-refractivity contribution in [1.82, 2.24) is 9.47 Å². The topological polar surface area (TPSA) is 108 Å². The molecule has 0 saturated heterocycles. The Hall–Kier alpha value is -3.62. The third-order valence-electron chi connectivity index (χ3n) is 4.43. The van der Waals surface area contributed by atoms with Crippen LogP contribution in [0.2, 0.25) is 0 Å². The van der Waals surface area contributed by atoms with Gasteiger partial charge in [-0.2, -0.15) is 0 Å². The molecule has 0 spiro atoms. The highest BCUT2D eigenvalue weighted by molar-refractivity contribution is 5.80. The molecule has 0 fully saturated rings. The minimum Gasteiger partial charge on any atom is -0.496 e. The highest BCUT2D eigenvalue weighted by atomic mass is 16.6. The van der Waals surface area contributed by atoms with Crippen LogP contribution in [-0.4, -0.2) is 34.5 Å². The summed E-state index contributed by atoms with van der Waals surface area (Å²) in [6.45, 7) is 2.01. The van der Waals surface area contributed by atoms with E-state index < -0.39 is 10.7 Å². The van der Waals surface area contributed by atoms with Crippen LogP contribution in [0, 0.1) is 17.0 Å². The Morgan fingerprint density at radius 2 is 2.04 bits per heavy atom. The van der Waals surface area contributed by atoms with E-state index in [1.54, 1.807) is 14.2 Å². The summed E-state index contributed by atoms with van der Waals surface area (Å²) in [7, 11) is 3.19. The fourth-order valence-electron chi connectivity index (χ4n) is 2.95. The molecular weight excluding hydrogens is 366 g/mol. The second-order valence-electron chi connectivity index (χ2n) is 6.43. The van der Waals surface area contributed by atoms with Crippen molar-refractivity contribution in [1.29, 1.82) is 0 Å². The number of likely N-dealkylation sites (N-methyl/N-ethyl adjacent to an activating group) is 1. The Kier molecular flexibility index (Phi) is 5.16. The van der Waals surface area contributed by atoms with Crippen LogP contribution in [0.4, 0.5) is 5.69 Å². The number of nitrogens with zero attached hydrogens (tertiary/aromatic N) is 3. The maximum atomic E-state index is 12.6. The van der Waals surface area contributed by atoms with Crippen molar-refractivity contribution in [3.8, 4) is 5.75 Å². The number of methoxy groups -OCH3 is 1.